The van der Waals surface area contributed by atoms with Gasteiger partial charge in [-0.05, 0) is 103 Å². The van der Waals surface area contributed by atoms with Crippen LogP contribution in [0.1, 0.15) is 45.8 Å². The molecule has 2 nitrogen and oxygen atoms in total. The minimum absolute atomic E-state index is 0.529. The van der Waals surface area contributed by atoms with E-state index in [4.69, 9.17) is 7.16 Å². The predicted octanol–water partition coefficient (Wildman–Crippen LogP) is 8.83. The van der Waals surface area contributed by atoms with Gasteiger partial charge in [0.1, 0.15) is 11.2 Å². The molecule has 2 heterocycles. The predicted molar refractivity (Wildman–Crippen MR) is 140 cm³/mol. The zero-order valence-electron chi connectivity index (χ0n) is 22.2. The first-order valence-electron chi connectivity index (χ1n) is 12.5. The molecule has 5 aromatic rings. The van der Waals surface area contributed by atoms with E-state index in [0.29, 0.717) is 5.56 Å². The fourth-order valence-corrected chi connectivity index (χ4v) is 4.83. The molecule has 2 aromatic heterocycles. The van der Waals surface area contributed by atoms with E-state index >= 15 is 0 Å². The van der Waals surface area contributed by atoms with E-state index < -0.39 is 11.8 Å². The van der Waals surface area contributed by atoms with Crippen LogP contribution in [0.2, 0.25) is 0 Å². The highest BCUT2D eigenvalue weighted by molar-refractivity contribution is 6.07. The Labute approximate surface area is 199 Å². The number of rotatable bonds is 3. The first kappa shape index (κ1) is 19.1. The molecule has 0 atom stereocenters. The van der Waals surface area contributed by atoms with Gasteiger partial charge in [0.15, 0.2) is 0 Å². The molecule has 0 N–H and O–H groups in total. The van der Waals surface area contributed by atoms with Gasteiger partial charge < -0.3 is 4.42 Å². The van der Waals surface area contributed by atoms with Crippen molar-refractivity contribution in [3.05, 3.63) is 89.1 Å². The Kier molecular flexibility index (Phi) is 4.56. The maximum absolute atomic E-state index is 8.67. The molecule has 0 spiro atoms. The molecule has 0 amide bonds. The quantitative estimate of drug-likeness (QED) is 0.283. The number of hydrogen-bond acceptors (Lipinski definition) is 2. The number of fused-ring (bicyclic) bond motifs is 3. The van der Waals surface area contributed by atoms with Crippen LogP contribution in [0.4, 0.5) is 0 Å². The topological polar surface area (TPSA) is 26.0 Å². The number of aryl methyl sites for hydroxylation is 3. The van der Waals surface area contributed by atoms with Crippen molar-refractivity contribution in [3.63, 3.8) is 0 Å². The molecule has 0 saturated heterocycles. The molecule has 0 bridgehead atoms. The monoisotopic (exact) mass is 435 g/mol. The SMILES string of the molecule is [2H]C([2H])(c1ccnc(-c2ccc3oc4ccc(-c5c(C)cc(C)cc5C)cc4c3c2)c1)C(C)(C)C. The minimum atomic E-state index is -1.48. The average Bonchev–Trinajstić information content (AvgIpc) is 3.15. The molecule has 166 valence electrons. The number of hydrogen-bond donors (Lipinski definition) is 0. The van der Waals surface area contributed by atoms with Gasteiger partial charge in [0.2, 0.25) is 0 Å². The Morgan fingerprint density at radius 1 is 0.788 bits per heavy atom. The molecule has 0 aliphatic heterocycles. The zero-order chi connectivity index (χ0) is 25.1. The molecule has 0 unspecified atom stereocenters. The molecule has 2 heteroatoms. The van der Waals surface area contributed by atoms with Crippen LogP contribution >= 0.6 is 0 Å². The van der Waals surface area contributed by atoms with E-state index in [2.05, 4.69) is 62.2 Å². The van der Waals surface area contributed by atoms with Crippen molar-refractivity contribution in [2.45, 2.75) is 47.9 Å². The summed E-state index contributed by atoms with van der Waals surface area (Å²) in [5.74, 6) is 0. The largest absolute Gasteiger partial charge is 0.456 e. The summed E-state index contributed by atoms with van der Waals surface area (Å²) in [5.41, 5.74) is 9.75. The van der Waals surface area contributed by atoms with Crippen molar-refractivity contribution in [1.29, 1.82) is 0 Å². The van der Waals surface area contributed by atoms with Gasteiger partial charge >= 0.3 is 0 Å². The standard InChI is InChI=1S/C31H31NO/c1-19-13-20(2)30(21(3)14-19)24-8-10-29-26(17-24)25-16-23(7-9-28(25)33-29)27-15-22(11-12-32-27)18-31(4,5)6/h7-17H,18H2,1-6H3/i18D2. The van der Waals surface area contributed by atoms with E-state index in [-0.39, 0.29) is 0 Å². The smallest absolute Gasteiger partial charge is 0.135 e. The van der Waals surface area contributed by atoms with Gasteiger partial charge in [-0.3, -0.25) is 4.98 Å². The highest BCUT2D eigenvalue weighted by Crippen LogP contribution is 2.36. The molecule has 33 heavy (non-hydrogen) atoms. The van der Waals surface area contributed by atoms with E-state index in [1.807, 2.05) is 39.0 Å². The van der Waals surface area contributed by atoms with Crippen molar-refractivity contribution in [3.8, 4) is 22.4 Å². The van der Waals surface area contributed by atoms with E-state index in [0.717, 1.165) is 33.2 Å². The highest BCUT2D eigenvalue weighted by atomic mass is 16.3. The number of furan rings is 1. The lowest BCUT2D eigenvalue weighted by molar-refractivity contribution is 0.411. The lowest BCUT2D eigenvalue weighted by Gasteiger charge is -2.18. The summed E-state index contributed by atoms with van der Waals surface area (Å²) in [5, 5.41) is 2.10. The van der Waals surface area contributed by atoms with E-state index in [9.17, 15) is 0 Å². The maximum Gasteiger partial charge on any atom is 0.135 e. The van der Waals surface area contributed by atoms with E-state index in [1.54, 1.807) is 12.3 Å². The molecule has 0 fully saturated rings. The maximum atomic E-state index is 8.67. The van der Waals surface area contributed by atoms with Crippen molar-refractivity contribution in [1.82, 2.24) is 4.98 Å². The lowest BCUT2D eigenvalue weighted by atomic mass is 9.88. The van der Waals surface area contributed by atoms with Crippen molar-refractivity contribution in [2.75, 3.05) is 0 Å². The fourth-order valence-electron chi connectivity index (χ4n) is 4.83. The van der Waals surface area contributed by atoms with Gasteiger partial charge in [0.05, 0.1) is 5.69 Å². The van der Waals surface area contributed by atoms with Crippen LogP contribution in [0.15, 0.2) is 71.3 Å². The second-order valence-corrected chi connectivity index (χ2v) is 10.1. The number of benzene rings is 3. The van der Waals surface area contributed by atoms with Crippen molar-refractivity contribution < 1.29 is 7.16 Å². The Morgan fingerprint density at radius 2 is 1.39 bits per heavy atom. The molecule has 5 rings (SSSR count). The second-order valence-electron chi connectivity index (χ2n) is 10.1. The van der Waals surface area contributed by atoms with Crippen LogP contribution in [0.25, 0.3) is 44.3 Å². The Balaban J connectivity index is 1.65. The Hall–Kier alpha value is -3.39. The molecule has 3 aromatic carbocycles. The normalized spacial score (nSPS) is 13.4. The number of nitrogens with zero attached hydrogens (tertiary/aromatic N) is 1. The second kappa shape index (κ2) is 7.88. The first-order valence-corrected chi connectivity index (χ1v) is 11.5. The van der Waals surface area contributed by atoms with Gasteiger partial charge in [0, 0.05) is 25.3 Å². The number of aromatic nitrogens is 1. The van der Waals surface area contributed by atoms with Gasteiger partial charge in [-0.15, -0.1) is 0 Å². The summed E-state index contributed by atoms with van der Waals surface area (Å²) in [6.07, 6.45) is 0.225. The lowest BCUT2D eigenvalue weighted by Crippen LogP contribution is -2.09. The van der Waals surface area contributed by atoms with Crippen molar-refractivity contribution >= 4 is 21.9 Å². The molecule has 0 aliphatic rings. The summed E-state index contributed by atoms with van der Waals surface area (Å²) in [6.45, 7) is 12.2. The number of pyridine rings is 1. The summed E-state index contributed by atoms with van der Waals surface area (Å²) < 4.78 is 23.5. The van der Waals surface area contributed by atoms with Crippen LogP contribution < -0.4 is 0 Å². The summed E-state index contributed by atoms with van der Waals surface area (Å²) >= 11 is 0. The molecular weight excluding hydrogens is 402 g/mol. The zero-order valence-corrected chi connectivity index (χ0v) is 20.2. The summed E-state index contributed by atoms with van der Waals surface area (Å²) in [7, 11) is 0. The fraction of sp³-hybridized carbons (Fsp3) is 0.258. The van der Waals surface area contributed by atoms with Crippen LogP contribution in [0.5, 0.6) is 0 Å². The van der Waals surface area contributed by atoms with Gasteiger partial charge in [-0.2, -0.15) is 0 Å². The average molecular weight is 436 g/mol. The Morgan fingerprint density at radius 3 is 2.03 bits per heavy atom. The molecule has 0 saturated carbocycles. The van der Waals surface area contributed by atoms with Crippen LogP contribution in [-0.4, -0.2) is 4.98 Å². The molecule has 0 aliphatic carbocycles. The van der Waals surface area contributed by atoms with E-state index in [1.165, 1.54) is 27.8 Å². The molecular formula is C31H31NO. The third kappa shape index (κ3) is 4.18. The first-order chi connectivity index (χ1) is 16.5. The summed E-state index contributed by atoms with van der Waals surface area (Å²) in [6, 6.07) is 20.6. The third-order valence-electron chi connectivity index (χ3n) is 6.01. The third-order valence-corrected chi connectivity index (χ3v) is 6.01. The van der Waals surface area contributed by atoms with Crippen LogP contribution in [0, 0.1) is 26.2 Å². The van der Waals surface area contributed by atoms with Gasteiger partial charge in [0.25, 0.3) is 0 Å². The highest BCUT2D eigenvalue weighted by Gasteiger charge is 2.15. The minimum Gasteiger partial charge on any atom is -0.456 e. The van der Waals surface area contributed by atoms with Crippen molar-refractivity contribution in [2.24, 2.45) is 5.41 Å². The molecule has 0 radical (unpaired) electrons. The van der Waals surface area contributed by atoms with Crippen LogP contribution in [0.3, 0.4) is 0 Å². The van der Waals surface area contributed by atoms with Crippen LogP contribution in [-0.2, 0) is 6.37 Å². The van der Waals surface area contributed by atoms with Gasteiger partial charge in [-0.1, -0.05) is 44.5 Å². The Bertz CT molecular complexity index is 1560. The summed E-state index contributed by atoms with van der Waals surface area (Å²) in [4.78, 5) is 4.58. The van der Waals surface area contributed by atoms with Gasteiger partial charge in [-0.25, -0.2) is 0 Å².